The van der Waals surface area contributed by atoms with Gasteiger partial charge in [-0.25, -0.2) is 14.8 Å². The molecule has 0 radical (unpaired) electrons. The second-order valence-electron chi connectivity index (χ2n) is 11.4. The molecule has 0 unspecified atom stereocenters. The number of hydrogen-bond acceptors (Lipinski definition) is 9. The Morgan fingerprint density at radius 2 is 1.47 bits per heavy atom. The van der Waals surface area contributed by atoms with Gasteiger partial charge in [0.2, 0.25) is 11.8 Å². The molecule has 14 nitrogen and oxygen atoms in total. The zero-order chi connectivity index (χ0) is 33.8. The first-order valence-corrected chi connectivity index (χ1v) is 14.8. The van der Waals surface area contributed by atoms with Crippen LogP contribution in [0.15, 0.2) is 12.4 Å². The second kappa shape index (κ2) is 17.2. The predicted molar refractivity (Wildman–Crippen MR) is 165 cm³/mol. The highest BCUT2D eigenvalue weighted by Gasteiger charge is 2.35. The molecular weight excluding hydrogens is 582 g/mol. The molecule has 3 amide bonds. The second-order valence-corrected chi connectivity index (χ2v) is 11.4. The van der Waals surface area contributed by atoms with Crippen molar-refractivity contribution in [3.05, 3.63) is 35.4 Å². The van der Waals surface area contributed by atoms with Crippen molar-refractivity contribution in [2.45, 2.75) is 66.1 Å². The third-order valence-electron chi connectivity index (χ3n) is 7.58. The van der Waals surface area contributed by atoms with Gasteiger partial charge in [-0.2, -0.15) is 0 Å². The van der Waals surface area contributed by atoms with E-state index >= 15 is 0 Å². The molecule has 3 N–H and O–H groups in total. The van der Waals surface area contributed by atoms with Gasteiger partial charge >= 0.3 is 12.1 Å². The third-order valence-corrected chi connectivity index (χ3v) is 7.58. The number of aromatic amines is 2. The molecule has 0 aromatic carbocycles. The zero-order valence-electron chi connectivity index (χ0n) is 27.9. The van der Waals surface area contributed by atoms with Crippen LogP contribution in [-0.4, -0.2) is 101 Å². The van der Waals surface area contributed by atoms with E-state index in [1.807, 2.05) is 27.7 Å². The smallest absolute Gasteiger partial charge is 0.407 e. The van der Waals surface area contributed by atoms with Crippen LogP contribution in [0.4, 0.5) is 4.79 Å². The van der Waals surface area contributed by atoms with E-state index in [1.165, 1.54) is 24.0 Å². The molecule has 0 aliphatic heterocycles. The first kappa shape index (κ1) is 36.8. The van der Waals surface area contributed by atoms with Gasteiger partial charge in [0.05, 0.1) is 39.1 Å². The summed E-state index contributed by atoms with van der Waals surface area (Å²) in [7, 11) is 5.82. The Morgan fingerprint density at radius 3 is 2.04 bits per heavy atom. The van der Waals surface area contributed by atoms with E-state index in [-0.39, 0.29) is 36.3 Å². The Labute approximate surface area is 265 Å². The van der Waals surface area contributed by atoms with Crippen LogP contribution in [-0.2, 0) is 35.0 Å². The summed E-state index contributed by atoms with van der Waals surface area (Å²) in [6.07, 6.45) is 3.19. The normalized spacial score (nSPS) is 13.7. The maximum Gasteiger partial charge on any atom is 0.407 e. The van der Waals surface area contributed by atoms with Gasteiger partial charge in [-0.15, -0.1) is 0 Å². The topological polar surface area (TPSA) is 172 Å². The van der Waals surface area contributed by atoms with Crippen molar-refractivity contribution in [1.29, 1.82) is 0 Å². The van der Waals surface area contributed by atoms with Crippen LogP contribution in [0.2, 0.25) is 0 Å². The molecule has 0 aliphatic carbocycles. The fourth-order valence-corrected chi connectivity index (χ4v) is 4.44. The highest BCUT2D eigenvalue weighted by atomic mass is 16.5. The first-order valence-electron chi connectivity index (χ1n) is 14.8. The lowest BCUT2D eigenvalue weighted by molar-refractivity contribution is -0.156. The summed E-state index contributed by atoms with van der Waals surface area (Å²) >= 11 is 0. The minimum Gasteiger partial charge on any atom is -0.468 e. The molecule has 2 heterocycles. The Bertz CT molecular complexity index is 1360. The monoisotopic (exact) mass is 629 g/mol. The van der Waals surface area contributed by atoms with Gasteiger partial charge in [0.15, 0.2) is 0 Å². The molecule has 14 heteroatoms. The number of hydrogen-bond donors (Lipinski definition) is 3. The van der Waals surface area contributed by atoms with E-state index in [4.69, 9.17) is 9.47 Å². The number of ether oxygens (including phenoxy) is 3. The van der Waals surface area contributed by atoms with Crippen LogP contribution in [0.5, 0.6) is 0 Å². The molecular formula is C31H47N7O7. The van der Waals surface area contributed by atoms with Gasteiger partial charge in [-0.05, 0) is 31.6 Å². The van der Waals surface area contributed by atoms with Crippen LogP contribution < -0.4 is 5.32 Å². The maximum atomic E-state index is 13.0. The van der Waals surface area contributed by atoms with Crippen molar-refractivity contribution in [2.75, 3.05) is 41.5 Å². The summed E-state index contributed by atoms with van der Waals surface area (Å²) < 4.78 is 15.1. The lowest BCUT2D eigenvalue weighted by Gasteiger charge is -2.30. The SMILES string of the molecule is COC(=O)N[C@@H](C(=O)N(C)[C@H](C)c1ncc(CCOCC#Cc2cnc([C@@H](C)N(C)C(=O)[C@H](C(=O)OC)C(C)C)[nH]2)[nH]1)C(C)C. The van der Waals surface area contributed by atoms with Crippen LogP contribution in [0.3, 0.4) is 0 Å². The molecule has 45 heavy (non-hydrogen) atoms. The maximum absolute atomic E-state index is 13.0. The van der Waals surface area contributed by atoms with Crippen molar-refractivity contribution in [3.8, 4) is 11.8 Å². The molecule has 4 atom stereocenters. The summed E-state index contributed by atoms with van der Waals surface area (Å²) in [5.41, 5.74) is 1.42. The summed E-state index contributed by atoms with van der Waals surface area (Å²) in [5.74, 6) is 4.67. The predicted octanol–water partition coefficient (Wildman–Crippen LogP) is 2.61. The molecule has 2 rings (SSSR count). The minimum atomic E-state index is -0.893. The van der Waals surface area contributed by atoms with Crippen molar-refractivity contribution in [1.82, 2.24) is 35.1 Å². The first-order chi connectivity index (χ1) is 21.2. The summed E-state index contributed by atoms with van der Waals surface area (Å²) in [4.78, 5) is 68.0. The van der Waals surface area contributed by atoms with Gasteiger partial charge < -0.3 is 39.3 Å². The zero-order valence-corrected chi connectivity index (χ0v) is 27.9. The molecule has 0 aliphatic rings. The molecule has 0 saturated heterocycles. The number of methoxy groups -OCH3 is 2. The van der Waals surface area contributed by atoms with Gasteiger partial charge in [-0.1, -0.05) is 33.6 Å². The number of aromatic nitrogens is 4. The van der Waals surface area contributed by atoms with Gasteiger partial charge in [0.1, 0.15) is 35.9 Å². The van der Waals surface area contributed by atoms with E-state index in [0.717, 1.165) is 5.69 Å². The number of alkyl carbamates (subject to hydrolysis) is 1. The molecule has 2 aromatic rings. The standard InChI is InChI=1S/C31H47N7O7/c1-18(2)24(30(41)43-9)28(39)37(7)20(5)26-32-16-22(34-26)12-11-14-45-15-13-23-17-33-27(35-23)21(6)38(8)29(40)25(19(3)4)36-31(42)44-10/h16-21,24-25H,13-15H2,1-10H3,(H,32,34)(H,33,35)(H,36,42)/t20-,21-,24-,25-/m1/s1. The molecule has 0 spiro atoms. The Morgan fingerprint density at radius 1 is 0.867 bits per heavy atom. The van der Waals surface area contributed by atoms with E-state index in [2.05, 4.69) is 41.8 Å². The van der Waals surface area contributed by atoms with Crippen molar-refractivity contribution < 1.29 is 33.4 Å². The summed E-state index contributed by atoms with van der Waals surface area (Å²) in [5, 5.41) is 2.60. The Hall–Kier alpha value is -4.38. The minimum absolute atomic E-state index is 0.133. The molecule has 0 fully saturated rings. The average Bonchev–Trinajstić information content (AvgIpc) is 3.69. The molecule has 2 aromatic heterocycles. The van der Waals surface area contributed by atoms with Gasteiger partial charge in [-0.3, -0.25) is 14.4 Å². The number of H-pyrrole nitrogens is 2. The van der Waals surface area contributed by atoms with E-state index in [9.17, 15) is 19.2 Å². The number of imidazole rings is 2. The number of amides is 3. The van der Waals surface area contributed by atoms with Crippen LogP contribution >= 0.6 is 0 Å². The fraction of sp³-hybridized carbons (Fsp3) is 0.613. The van der Waals surface area contributed by atoms with Gasteiger partial charge in [0.25, 0.3) is 0 Å². The number of nitrogens with zero attached hydrogens (tertiary/aromatic N) is 4. The van der Waals surface area contributed by atoms with Crippen LogP contribution in [0, 0.1) is 29.6 Å². The average molecular weight is 630 g/mol. The molecule has 0 bridgehead atoms. The van der Waals surface area contributed by atoms with Crippen molar-refractivity contribution in [3.63, 3.8) is 0 Å². The Kier molecular flexibility index (Phi) is 14.1. The number of likely N-dealkylation sites (N-methyl/N-ethyl adjacent to an activating group) is 1. The van der Waals surface area contributed by atoms with Crippen molar-refractivity contribution >= 4 is 23.9 Å². The molecule has 0 saturated carbocycles. The number of nitrogens with one attached hydrogen (secondary N) is 3. The summed E-state index contributed by atoms with van der Waals surface area (Å²) in [6.45, 7) is 11.5. The lowest BCUT2D eigenvalue weighted by atomic mass is 9.94. The largest absolute Gasteiger partial charge is 0.468 e. The number of rotatable bonds is 14. The van der Waals surface area contributed by atoms with Crippen molar-refractivity contribution in [2.24, 2.45) is 17.8 Å². The number of carbonyl (C=O) groups excluding carboxylic acids is 4. The quantitative estimate of drug-likeness (QED) is 0.123. The van der Waals surface area contributed by atoms with E-state index in [0.29, 0.717) is 30.4 Å². The van der Waals surface area contributed by atoms with Gasteiger partial charge in [0, 0.05) is 32.4 Å². The highest BCUT2D eigenvalue weighted by Crippen LogP contribution is 2.22. The van der Waals surface area contributed by atoms with E-state index < -0.39 is 30.1 Å². The Balaban J connectivity index is 1.87. The number of carbonyl (C=O) groups is 4. The van der Waals surface area contributed by atoms with Crippen LogP contribution in [0.1, 0.15) is 76.7 Å². The van der Waals surface area contributed by atoms with Crippen LogP contribution in [0.25, 0.3) is 0 Å². The fourth-order valence-electron chi connectivity index (χ4n) is 4.44. The molecule has 248 valence electrons. The number of esters is 1. The lowest BCUT2D eigenvalue weighted by Crippen LogP contribution is -2.50. The highest BCUT2D eigenvalue weighted by molar-refractivity contribution is 5.98. The third kappa shape index (κ3) is 10.1. The van der Waals surface area contributed by atoms with E-state index in [1.54, 1.807) is 40.3 Å². The summed E-state index contributed by atoms with van der Waals surface area (Å²) in [6, 6.07) is -1.50.